The summed E-state index contributed by atoms with van der Waals surface area (Å²) in [5, 5.41) is 10.2. The van der Waals surface area contributed by atoms with Crippen molar-refractivity contribution < 1.29 is 14.3 Å². The maximum absolute atomic E-state index is 12.1. The van der Waals surface area contributed by atoms with Crippen LogP contribution in [0.4, 0.5) is 5.69 Å². The van der Waals surface area contributed by atoms with Crippen molar-refractivity contribution in [3.8, 4) is 6.07 Å². The first kappa shape index (κ1) is 17.8. The lowest BCUT2D eigenvalue weighted by Crippen LogP contribution is -2.31. The summed E-state index contributed by atoms with van der Waals surface area (Å²) in [4.78, 5) is 29.6. The molecule has 2 heterocycles. The lowest BCUT2D eigenvalue weighted by molar-refractivity contribution is 0.0600. The Morgan fingerprint density at radius 2 is 2.04 bits per heavy atom. The Bertz CT molecular complexity index is 1150. The molecule has 3 aromatic rings. The van der Waals surface area contributed by atoms with Gasteiger partial charge in [0, 0.05) is 52.9 Å². The third-order valence-electron chi connectivity index (χ3n) is 5.24. The monoisotopic (exact) mass is 373 g/mol. The van der Waals surface area contributed by atoms with Gasteiger partial charge < -0.3 is 14.6 Å². The van der Waals surface area contributed by atoms with E-state index >= 15 is 0 Å². The molecule has 140 valence electrons. The van der Waals surface area contributed by atoms with Crippen LogP contribution in [0, 0.1) is 11.3 Å². The first-order valence-corrected chi connectivity index (χ1v) is 9.03. The highest BCUT2D eigenvalue weighted by Gasteiger charge is 2.24. The Morgan fingerprint density at radius 3 is 2.75 bits per heavy atom. The van der Waals surface area contributed by atoms with Crippen molar-refractivity contribution in [3.63, 3.8) is 0 Å². The number of hydrogen-bond acceptors (Lipinski definition) is 5. The number of aromatic amines is 1. The molecule has 0 saturated carbocycles. The molecule has 1 aliphatic heterocycles. The topological polar surface area (TPSA) is 86.2 Å². The molecule has 0 unspecified atom stereocenters. The van der Waals surface area contributed by atoms with Gasteiger partial charge in [0.15, 0.2) is 5.78 Å². The molecule has 1 aliphatic rings. The zero-order chi connectivity index (χ0) is 19.8. The number of methoxy groups -OCH3 is 1. The molecule has 1 N–H and O–H groups in total. The molecular formula is C22H19N3O3. The standard InChI is InChI=1S/C22H19N3O3/c1-13(26)16-5-3-14(11-23)9-21(16)25-8-7-20-18(12-25)17-10-15(22(27)28-2)4-6-19(17)24-20/h3-6,9-10,24H,7-8,12H2,1-2H3. The van der Waals surface area contributed by atoms with Gasteiger partial charge >= 0.3 is 5.97 Å². The van der Waals surface area contributed by atoms with E-state index in [9.17, 15) is 14.9 Å². The summed E-state index contributed by atoms with van der Waals surface area (Å²) in [6.07, 6.45) is 0.783. The van der Waals surface area contributed by atoms with Crippen LogP contribution in [0.15, 0.2) is 36.4 Å². The number of fused-ring (bicyclic) bond motifs is 3. The Kier molecular flexibility index (Phi) is 4.36. The average molecular weight is 373 g/mol. The minimum absolute atomic E-state index is 0.0304. The minimum Gasteiger partial charge on any atom is -0.465 e. The van der Waals surface area contributed by atoms with Crippen molar-refractivity contribution in [2.45, 2.75) is 19.9 Å². The largest absolute Gasteiger partial charge is 0.465 e. The van der Waals surface area contributed by atoms with Gasteiger partial charge in [-0.2, -0.15) is 5.26 Å². The molecular weight excluding hydrogens is 354 g/mol. The van der Waals surface area contributed by atoms with Crippen LogP contribution in [-0.4, -0.2) is 30.4 Å². The van der Waals surface area contributed by atoms with Gasteiger partial charge in [0.1, 0.15) is 0 Å². The summed E-state index contributed by atoms with van der Waals surface area (Å²) in [6, 6.07) is 12.8. The fraction of sp³-hybridized carbons (Fsp3) is 0.227. The second kappa shape index (κ2) is 6.86. The van der Waals surface area contributed by atoms with Gasteiger partial charge in [0.05, 0.1) is 24.3 Å². The van der Waals surface area contributed by atoms with E-state index in [0.717, 1.165) is 40.8 Å². The molecule has 1 aromatic heterocycles. The van der Waals surface area contributed by atoms with E-state index in [1.807, 2.05) is 12.1 Å². The van der Waals surface area contributed by atoms with Gasteiger partial charge in [0.2, 0.25) is 0 Å². The number of anilines is 1. The molecule has 28 heavy (non-hydrogen) atoms. The molecule has 0 radical (unpaired) electrons. The summed E-state index contributed by atoms with van der Waals surface area (Å²) in [5.74, 6) is -0.401. The number of Topliss-reactive ketones (excluding diaryl/α,β-unsaturated/α-hetero) is 1. The summed E-state index contributed by atoms with van der Waals surface area (Å²) < 4.78 is 4.84. The highest BCUT2D eigenvalue weighted by molar-refractivity contribution is 6.00. The second-order valence-corrected chi connectivity index (χ2v) is 6.91. The molecule has 0 amide bonds. The number of ether oxygens (including phenoxy) is 1. The Hall–Kier alpha value is -3.59. The fourth-order valence-corrected chi connectivity index (χ4v) is 3.83. The van der Waals surface area contributed by atoms with E-state index in [-0.39, 0.29) is 11.8 Å². The molecule has 6 heteroatoms. The molecule has 0 saturated heterocycles. The molecule has 0 aliphatic carbocycles. The fourth-order valence-electron chi connectivity index (χ4n) is 3.83. The van der Waals surface area contributed by atoms with Gasteiger partial charge in [-0.3, -0.25) is 4.79 Å². The van der Waals surface area contributed by atoms with Crippen LogP contribution in [0.5, 0.6) is 0 Å². The molecule has 0 atom stereocenters. The van der Waals surface area contributed by atoms with E-state index < -0.39 is 0 Å². The van der Waals surface area contributed by atoms with Gasteiger partial charge in [-0.05, 0) is 43.3 Å². The number of nitrogens with zero attached hydrogens (tertiary/aromatic N) is 2. The Balaban J connectivity index is 1.79. The minimum atomic E-state index is -0.370. The van der Waals surface area contributed by atoms with Crippen molar-refractivity contribution in [2.24, 2.45) is 0 Å². The summed E-state index contributed by atoms with van der Waals surface area (Å²) >= 11 is 0. The first-order chi connectivity index (χ1) is 13.5. The Morgan fingerprint density at radius 1 is 1.21 bits per heavy atom. The van der Waals surface area contributed by atoms with Gasteiger partial charge in [-0.15, -0.1) is 0 Å². The quantitative estimate of drug-likeness (QED) is 0.560. The number of benzene rings is 2. The number of aromatic nitrogens is 1. The van der Waals surface area contributed by atoms with E-state index in [4.69, 9.17) is 4.74 Å². The number of ketones is 1. The first-order valence-electron chi connectivity index (χ1n) is 9.03. The smallest absolute Gasteiger partial charge is 0.337 e. The second-order valence-electron chi connectivity index (χ2n) is 6.91. The van der Waals surface area contributed by atoms with E-state index in [0.29, 0.717) is 23.2 Å². The van der Waals surface area contributed by atoms with Gasteiger partial charge in [0.25, 0.3) is 0 Å². The highest BCUT2D eigenvalue weighted by Crippen LogP contribution is 2.33. The number of H-pyrrole nitrogens is 1. The van der Waals surface area contributed by atoms with Crippen molar-refractivity contribution in [1.29, 1.82) is 5.26 Å². The zero-order valence-corrected chi connectivity index (χ0v) is 15.7. The molecule has 0 bridgehead atoms. The molecule has 0 spiro atoms. The van der Waals surface area contributed by atoms with Crippen molar-refractivity contribution >= 4 is 28.3 Å². The molecule has 6 nitrogen and oxygen atoms in total. The molecule has 0 fully saturated rings. The van der Waals surface area contributed by atoms with E-state index in [1.54, 1.807) is 24.3 Å². The SMILES string of the molecule is COC(=O)c1ccc2[nH]c3c(c2c1)CN(c1cc(C#N)ccc1C(C)=O)CC3. The van der Waals surface area contributed by atoms with Crippen LogP contribution in [0.2, 0.25) is 0 Å². The number of nitrogens with one attached hydrogen (secondary N) is 1. The molecule has 2 aromatic carbocycles. The maximum atomic E-state index is 12.1. The number of hydrogen-bond donors (Lipinski definition) is 1. The lowest BCUT2D eigenvalue weighted by atomic mass is 9.99. The lowest BCUT2D eigenvalue weighted by Gasteiger charge is -2.30. The van der Waals surface area contributed by atoms with E-state index in [1.165, 1.54) is 14.0 Å². The van der Waals surface area contributed by atoms with Gasteiger partial charge in [-0.25, -0.2) is 4.79 Å². The third-order valence-corrected chi connectivity index (χ3v) is 5.24. The van der Waals surface area contributed by atoms with Crippen LogP contribution in [0.1, 0.15) is 44.5 Å². The van der Waals surface area contributed by atoms with Gasteiger partial charge in [-0.1, -0.05) is 0 Å². The summed E-state index contributed by atoms with van der Waals surface area (Å²) in [5.41, 5.74) is 5.62. The van der Waals surface area contributed by atoms with Crippen molar-refractivity contribution in [1.82, 2.24) is 4.98 Å². The Labute approximate surface area is 162 Å². The number of carbonyl (C=O) groups excluding carboxylic acids is 2. The van der Waals surface area contributed by atoms with Crippen LogP contribution in [-0.2, 0) is 17.7 Å². The third kappa shape index (κ3) is 2.91. The van der Waals surface area contributed by atoms with Crippen LogP contribution >= 0.6 is 0 Å². The van der Waals surface area contributed by atoms with E-state index in [2.05, 4.69) is 16.0 Å². The number of nitriles is 1. The van der Waals surface area contributed by atoms with Crippen LogP contribution in [0.3, 0.4) is 0 Å². The molecule has 4 rings (SSSR count). The zero-order valence-electron chi connectivity index (χ0n) is 15.7. The number of carbonyl (C=O) groups is 2. The normalized spacial score (nSPS) is 13.1. The average Bonchev–Trinajstić information content (AvgIpc) is 3.09. The highest BCUT2D eigenvalue weighted by atomic mass is 16.5. The predicted octanol–water partition coefficient (Wildman–Crippen LogP) is 3.59. The summed E-state index contributed by atoms with van der Waals surface area (Å²) in [6.45, 7) is 2.86. The summed E-state index contributed by atoms with van der Waals surface area (Å²) in [7, 11) is 1.37. The number of rotatable bonds is 3. The predicted molar refractivity (Wildman–Crippen MR) is 106 cm³/mol. The van der Waals surface area contributed by atoms with Crippen molar-refractivity contribution in [2.75, 3.05) is 18.6 Å². The maximum Gasteiger partial charge on any atom is 0.337 e. The number of esters is 1. The van der Waals surface area contributed by atoms with Crippen LogP contribution < -0.4 is 4.90 Å². The van der Waals surface area contributed by atoms with Crippen molar-refractivity contribution in [3.05, 3.63) is 64.3 Å². The van der Waals surface area contributed by atoms with Crippen LogP contribution in [0.25, 0.3) is 10.9 Å².